The molecule has 0 atom stereocenters. The molecule has 3 aromatic rings. The SMILES string of the molecule is Cc1ccc(C(=O)N(c2ccc3cnn(CC(F)(F)F)c3n2)C(C)C)cc1. The molecule has 5 nitrogen and oxygen atoms in total. The van der Waals surface area contributed by atoms with Crippen LogP contribution in [0.3, 0.4) is 0 Å². The predicted octanol–water partition coefficient (Wildman–Crippen LogP) is 4.36. The summed E-state index contributed by atoms with van der Waals surface area (Å²) in [7, 11) is 0. The molecular formula is C19H19F3N4O. The first-order chi connectivity index (χ1) is 12.7. The monoisotopic (exact) mass is 376 g/mol. The van der Waals surface area contributed by atoms with E-state index in [4.69, 9.17) is 0 Å². The molecule has 0 aliphatic heterocycles. The van der Waals surface area contributed by atoms with Gasteiger partial charge < -0.3 is 0 Å². The minimum absolute atomic E-state index is 0.0900. The number of hydrogen-bond donors (Lipinski definition) is 0. The number of carbonyl (C=O) groups is 1. The molecule has 0 spiro atoms. The van der Waals surface area contributed by atoms with Gasteiger partial charge >= 0.3 is 6.18 Å². The van der Waals surface area contributed by atoms with E-state index in [0.717, 1.165) is 10.2 Å². The Morgan fingerprint density at radius 3 is 2.41 bits per heavy atom. The van der Waals surface area contributed by atoms with Crippen LogP contribution in [0.5, 0.6) is 0 Å². The van der Waals surface area contributed by atoms with E-state index in [-0.39, 0.29) is 23.4 Å². The molecule has 0 N–H and O–H groups in total. The predicted molar refractivity (Wildman–Crippen MR) is 96.7 cm³/mol. The highest BCUT2D eigenvalue weighted by atomic mass is 19.4. The maximum atomic E-state index is 13.0. The van der Waals surface area contributed by atoms with Gasteiger partial charge in [0.2, 0.25) is 0 Å². The second kappa shape index (κ2) is 7.02. The standard InChI is InChI=1S/C19H19F3N4O/c1-12(2)26(18(27)14-6-4-13(3)5-7-14)16-9-8-15-10-23-25(17(15)24-16)11-19(20,21)22/h4-10,12H,11H2,1-3H3. The number of nitrogens with zero attached hydrogens (tertiary/aromatic N) is 4. The third-order valence-electron chi connectivity index (χ3n) is 4.08. The molecule has 8 heteroatoms. The summed E-state index contributed by atoms with van der Waals surface area (Å²) in [6.45, 7) is 4.34. The van der Waals surface area contributed by atoms with Crippen LogP contribution in [0.25, 0.3) is 11.0 Å². The van der Waals surface area contributed by atoms with E-state index in [0.29, 0.717) is 10.9 Å². The summed E-state index contributed by atoms with van der Waals surface area (Å²) in [6, 6.07) is 10.1. The highest BCUT2D eigenvalue weighted by Crippen LogP contribution is 2.24. The van der Waals surface area contributed by atoms with E-state index in [1.807, 2.05) is 32.9 Å². The zero-order valence-electron chi connectivity index (χ0n) is 15.2. The van der Waals surface area contributed by atoms with Crippen molar-refractivity contribution in [3.63, 3.8) is 0 Å². The van der Waals surface area contributed by atoms with Crippen molar-refractivity contribution >= 4 is 22.8 Å². The number of amides is 1. The lowest BCUT2D eigenvalue weighted by atomic mass is 10.1. The van der Waals surface area contributed by atoms with Crippen molar-refractivity contribution in [2.24, 2.45) is 0 Å². The lowest BCUT2D eigenvalue weighted by molar-refractivity contribution is -0.141. The molecule has 0 fully saturated rings. The molecule has 1 aromatic carbocycles. The Morgan fingerprint density at radius 1 is 1.15 bits per heavy atom. The molecule has 2 heterocycles. The first-order valence-corrected chi connectivity index (χ1v) is 8.45. The average molecular weight is 376 g/mol. The quantitative estimate of drug-likeness (QED) is 0.680. The van der Waals surface area contributed by atoms with Crippen LogP contribution in [-0.2, 0) is 6.54 Å². The fourth-order valence-electron chi connectivity index (χ4n) is 2.80. The number of aromatic nitrogens is 3. The number of alkyl halides is 3. The van der Waals surface area contributed by atoms with Crippen LogP contribution >= 0.6 is 0 Å². The summed E-state index contributed by atoms with van der Waals surface area (Å²) in [6.07, 6.45) is -3.08. The number of rotatable bonds is 4. The Morgan fingerprint density at radius 2 is 1.81 bits per heavy atom. The highest BCUT2D eigenvalue weighted by Gasteiger charge is 2.30. The molecule has 142 valence electrons. The molecule has 3 rings (SSSR count). The Labute approximate surface area is 154 Å². The zero-order valence-corrected chi connectivity index (χ0v) is 15.2. The van der Waals surface area contributed by atoms with Crippen molar-refractivity contribution in [2.45, 2.75) is 39.5 Å². The van der Waals surface area contributed by atoms with Gasteiger partial charge in [0.05, 0.1) is 6.20 Å². The normalized spacial score (nSPS) is 12.0. The van der Waals surface area contributed by atoms with Gasteiger partial charge in [-0.1, -0.05) is 17.7 Å². The molecule has 0 unspecified atom stereocenters. The zero-order chi connectivity index (χ0) is 19.8. The van der Waals surface area contributed by atoms with E-state index < -0.39 is 12.7 Å². The maximum Gasteiger partial charge on any atom is 0.408 e. The third-order valence-corrected chi connectivity index (χ3v) is 4.08. The number of halogens is 3. The number of fused-ring (bicyclic) bond motifs is 1. The molecule has 1 amide bonds. The molecule has 0 saturated carbocycles. The van der Waals surface area contributed by atoms with Crippen molar-refractivity contribution in [1.29, 1.82) is 0 Å². The van der Waals surface area contributed by atoms with E-state index in [1.54, 1.807) is 24.3 Å². The fraction of sp³-hybridized carbons (Fsp3) is 0.316. The van der Waals surface area contributed by atoms with Gasteiger partial charge in [0.1, 0.15) is 12.4 Å². The first kappa shape index (κ1) is 18.9. The molecule has 27 heavy (non-hydrogen) atoms. The Kier molecular flexibility index (Phi) is 4.91. The molecule has 0 saturated heterocycles. The molecule has 0 bridgehead atoms. The van der Waals surface area contributed by atoms with Gasteiger partial charge in [0, 0.05) is 17.0 Å². The van der Waals surface area contributed by atoms with Gasteiger partial charge in [0.25, 0.3) is 5.91 Å². The fourth-order valence-corrected chi connectivity index (χ4v) is 2.80. The van der Waals surface area contributed by atoms with Crippen LogP contribution in [0, 0.1) is 6.92 Å². The van der Waals surface area contributed by atoms with Gasteiger partial charge in [-0.05, 0) is 45.0 Å². The number of hydrogen-bond acceptors (Lipinski definition) is 3. The maximum absolute atomic E-state index is 13.0. The van der Waals surface area contributed by atoms with Gasteiger partial charge in [-0.25, -0.2) is 9.67 Å². The Bertz CT molecular complexity index is 961. The van der Waals surface area contributed by atoms with E-state index >= 15 is 0 Å². The van der Waals surface area contributed by atoms with Crippen LogP contribution in [0.15, 0.2) is 42.6 Å². The number of pyridine rings is 1. The van der Waals surface area contributed by atoms with Gasteiger partial charge in [-0.15, -0.1) is 0 Å². The van der Waals surface area contributed by atoms with Crippen molar-refractivity contribution in [1.82, 2.24) is 14.8 Å². The second-order valence-corrected chi connectivity index (χ2v) is 6.63. The molecular weight excluding hydrogens is 357 g/mol. The van der Waals surface area contributed by atoms with E-state index in [1.165, 1.54) is 11.1 Å². The number of anilines is 1. The lowest BCUT2D eigenvalue weighted by Gasteiger charge is -2.26. The highest BCUT2D eigenvalue weighted by molar-refractivity contribution is 6.06. The molecule has 0 radical (unpaired) electrons. The van der Waals surface area contributed by atoms with Gasteiger partial charge in [0.15, 0.2) is 5.65 Å². The average Bonchev–Trinajstić information content (AvgIpc) is 2.96. The summed E-state index contributed by atoms with van der Waals surface area (Å²) in [5.74, 6) is 0.0192. The summed E-state index contributed by atoms with van der Waals surface area (Å²) >= 11 is 0. The number of benzene rings is 1. The van der Waals surface area contributed by atoms with Crippen molar-refractivity contribution < 1.29 is 18.0 Å². The minimum atomic E-state index is -4.41. The molecule has 2 aromatic heterocycles. The van der Waals surface area contributed by atoms with Crippen LogP contribution in [0.2, 0.25) is 0 Å². The van der Waals surface area contributed by atoms with Crippen LogP contribution < -0.4 is 4.90 Å². The summed E-state index contributed by atoms with van der Waals surface area (Å²) in [5, 5.41) is 4.25. The van der Waals surface area contributed by atoms with Crippen LogP contribution in [-0.4, -0.2) is 32.9 Å². The minimum Gasteiger partial charge on any atom is -0.290 e. The van der Waals surface area contributed by atoms with E-state index in [9.17, 15) is 18.0 Å². The Balaban J connectivity index is 2.02. The van der Waals surface area contributed by atoms with E-state index in [2.05, 4.69) is 10.1 Å². The largest absolute Gasteiger partial charge is 0.408 e. The molecule has 0 aliphatic carbocycles. The lowest BCUT2D eigenvalue weighted by Crippen LogP contribution is -2.37. The topological polar surface area (TPSA) is 51.0 Å². The van der Waals surface area contributed by atoms with Crippen molar-refractivity contribution in [3.05, 3.63) is 53.7 Å². The van der Waals surface area contributed by atoms with Crippen molar-refractivity contribution in [3.8, 4) is 0 Å². The van der Waals surface area contributed by atoms with Gasteiger partial charge in [-0.2, -0.15) is 18.3 Å². The Hall–Kier alpha value is -2.90. The van der Waals surface area contributed by atoms with Crippen LogP contribution in [0.1, 0.15) is 29.8 Å². The van der Waals surface area contributed by atoms with Gasteiger partial charge in [-0.3, -0.25) is 9.69 Å². The summed E-state index contributed by atoms with van der Waals surface area (Å²) < 4.78 is 39.1. The smallest absolute Gasteiger partial charge is 0.290 e. The number of carbonyl (C=O) groups excluding carboxylic acids is 1. The first-order valence-electron chi connectivity index (χ1n) is 8.45. The molecule has 0 aliphatic rings. The van der Waals surface area contributed by atoms with Crippen LogP contribution in [0.4, 0.5) is 19.0 Å². The van der Waals surface area contributed by atoms with Crippen molar-refractivity contribution in [2.75, 3.05) is 4.90 Å². The number of aryl methyl sites for hydroxylation is 1. The third kappa shape index (κ3) is 4.10. The summed E-state index contributed by atoms with van der Waals surface area (Å²) in [5.41, 5.74) is 1.60. The second-order valence-electron chi connectivity index (χ2n) is 6.63. The summed E-state index contributed by atoms with van der Waals surface area (Å²) in [4.78, 5) is 18.7.